The maximum absolute atomic E-state index is 12.4. The monoisotopic (exact) mass is 283 g/mol. The molecular weight excluding hydrogens is 266 g/mol. The van der Waals surface area contributed by atoms with Gasteiger partial charge in [-0.15, -0.1) is 0 Å². The van der Waals surface area contributed by atoms with E-state index in [-0.39, 0.29) is 24.1 Å². The summed E-state index contributed by atoms with van der Waals surface area (Å²) in [6.45, 7) is 4.03. The second-order valence-electron chi connectivity index (χ2n) is 4.65. The van der Waals surface area contributed by atoms with Crippen molar-refractivity contribution in [2.45, 2.75) is 13.3 Å². The smallest absolute Gasteiger partial charge is 0.274 e. The topological polar surface area (TPSA) is 65.5 Å². The van der Waals surface area contributed by atoms with Crippen molar-refractivity contribution in [3.63, 3.8) is 0 Å². The number of rotatable bonds is 4. The number of amides is 1. The average molecular weight is 284 g/mol. The fraction of sp³-hybridized carbons (Fsp3) is 0.538. The van der Waals surface area contributed by atoms with Gasteiger partial charge in [0.1, 0.15) is 11.5 Å². The van der Waals surface area contributed by atoms with Gasteiger partial charge in [-0.2, -0.15) is 0 Å². The summed E-state index contributed by atoms with van der Waals surface area (Å²) in [7, 11) is 0. The molecule has 2 rings (SSSR count). The second kappa shape index (κ2) is 6.21. The lowest BCUT2D eigenvalue weighted by molar-refractivity contribution is 0.0776. The van der Waals surface area contributed by atoms with Crippen molar-refractivity contribution in [1.29, 1.82) is 0 Å². The molecule has 0 bridgehead atoms. The average Bonchev–Trinajstić information content (AvgIpc) is 2.89. The first kappa shape index (κ1) is 14.1. The Morgan fingerprint density at radius 3 is 3.05 bits per heavy atom. The fourth-order valence-corrected chi connectivity index (χ4v) is 2.37. The van der Waals surface area contributed by atoms with Crippen LogP contribution in [-0.2, 0) is 0 Å². The van der Waals surface area contributed by atoms with Crippen LogP contribution in [0.1, 0.15) is 23.8 Å². The highest BCUT2D eigenvalue weighted by Gasteiger charge is 2.28. The van der Waals surface area contributed by atoms with Crippen LogP contribution in [0, 0.1) is 5.92 Å². The molecule has 1 aromatic heterocycles. The number of carbonyl (C=O) groups excluding carboxylic acids is 1. The Labute approximate surface area is 117 Å². The van der Waals surface area contributed by atoms with E-state index in [1.54, 1.807) is 17.0 Å². The number of nitrogens with one attached hydrogen (secondary N) is 1. The zero-order valence-electron chi connectivity index (χ0n) is 10.9. The van der Waals surface area contributed by atoms with E-state index in [9.17, 15) is 4.79 Å². The van der Waals surface area contributed by atoms with Gasteiger partial charge in [0.25, 0.3) is 5.91 Å². The number of likely N-dealkylation sites (tertiary alicyclic amines) is 1. The first-order chi connectivity index (χ1) is 9.15. The van der Waals surface area contributed by atoms with Crippen molar-refractivity contribution >= 4 is 23.3 Å². The van der Waals surface area contributed by atoms with Crippen LogP contribution in [0.4, 0.5) is 5.82 Å². The predicted molar refractivity (Wildman–Crippen MR) is 74.5 cm³/mol. The Morgan fingerprint density at radius 2 is 2.42 bits per heavy atom. The maximum Gasteiger partial charge on any atom is 0.274 e. The van der Waals surface area contributed by atoms with Gasteiger partial charge >= 0.3 is 0 Å². The van der Waals surface area contributed by atoms with Gasteiger partial charge in [-0.3, -0.25) is 4.79 Å². The summed E-state index contributed by atoms with van der Waals surface area (Å²) in [5.74, 6) is 0.647. The van der Waals surface area contributed by atoms with Gasteiger partial charge in [0, 0.05) is 32.2 Å². The van der Waals surface area contributed by atoms with Gasteiger partial charge in [0.15, 0.2) is 0 Å². The van der Waals surface area contributed by atoms with Crippen LogP contribution in [0.25, 0.3) is 0 Å². The number of hydrogen-bond donors (Lipinski definition) is 2. The summed E-state index contributed by atoms with van der Waals surface area (Å²) in [6.07, 6.45) is 0.826. The molecule has 1 aliphatic heterocycles. The Kier molecular flexibility index (Phi) is 4.61. The van der Waals surface area contributed by atoms with E-state index in [2.05, 4.69) is 10.3 Å². The molecule has 1 fully saturated rings. The molecule has 1 saturated heterocycles. The summed E-state index contributed by atoms with van der Waals surface area (Å²) in [5.41, 5.74) is 0.277. The zero-order valence-corrected chi connectivity index (χ0v) is 11.7. The number of carbonyl (C=O) groups is 1. The highest BCUT2D eigenvalue weighted by Crippen LogP contribution is 2.22. The lowest BCUT2D eigenvalue weighted by Gasteiger charge is -2.17. The molecule has 1 atom stereocenters. The number of aliphatic hydroxyl groups is 1. The van der Waals surface area contributed by atoms with Crippen LogP contribution in [0.15, 0.2) is 12.1 Å². The number of anilines is 1. The molecule has 0 aromatic carbocycles. The number of nitrogens with zero attached hydrogens (tertiary/aromatic N) is 2. The number of halogens is 1. The minimum Gasteiger partial charge on any atom is -0.396 e. The van der Waals surface area contributed by atoms with Crippen LogP contribution in [0.2, 0.25) is 5.02 Å². The van der Waals surface area contributed by atoms with Crippen molar-refractivity contribution in [2.24, 2.45) is 5.92 Å². The molecule has 104 valence electrons. The normalized spacial score (nSPS) is 18.7. The second-order valence-corrected chi connectivity index (χ2v) is 5.05. The molecule has 2 N–H and O–H groups in total. The van der Waals surface area contributed by atoms with E-state index in [0.717, 1.165) is 13.0 Å². The summed E-state index contributed by atoms with van der Waals surface area (Å²) >= 11 is 6.05. The lowest BCUT2D eigenvalue weighted by Crippen LogP contribution is -2.30. The van der Waals surface area contributed by atoms with Crippen LogP contribution >= 0.6 is 11.6 Å². The maximum atomic E-state index is 12.4. The van der Waals surface area contributed by atoms with E-state index >= 15 is 0 Å². The molecule has 1 unspecified atom stereocenters. The summed E-state index contributed by atoms with van der Waals surface area (Å²) in [4.78, 5) is 18.3. The van der Waals surface area contributed by atoms with E-state index in [4.69, 9.17) is 16.7 Å². The molecule has 5 nitrogen and oxygen atoms in total. The number of hydrogen-bond acceptors (Lipinski definition) is 4. The first-order valence-corrected chi connectivity index (χ1v) is 6.84. The summed E-state index contributed by atoms with van der Waals surface area (Å²) in [6, 6.07) is 3.43. The van der Waals surface area contributed by atoms with Gasteiger partial charge < -0.3 is 15.3 Å². The largest absolute Gasteiger partial charge is 0.396 e. The Hall–Kier alpha value is -1.33. The standard InChI is InChI=1S/C13H18ClN3O2/c1-2-15-11-4-3-10(14)12(16-11)13(19)17-6-5-9(7-17)8-18/h3-4,9,18H,2,5-8H2,1H3,(H,15,16). The van der Waals surface area contributed by atoms with E-state index in [1.807, 2.05) is 6.92 Å². The van der Waals surface area contributed by atoms with Gasteiger partial charge in [0.05, 0.1) is 5.02 Å². The zero-order chi connectivity index (χ0) is 13.8. The summed E-state index contributed by atoms with van der Waals surface area (Å²) < 4.78 is 0. The fourth-order valence-electron chi connectivity index (χ4n) is 2.19. The number of aromatic nitrogens is 1. The van der Waals surface area contributed by atoms with Crippen molar-refractivity contribution in [1.82, 2.24) is 9.88 Å². The van der Waals surface area contributed by atoms with Crippen LogP contribution in [-0.4, -0.2) is 47.1 Å². The molecule has 1 aliphatic rings. The van der Waals surface area contributed by atoms with Crippen molar-refractivity contribution in [3.05, 3.63) is 22.8 Å². The third kappa shape index (κ3) is 3.16. The lowest BCUT2D eigenvalue weighted by atomic mass is 10.1. The highest BCUT2D eigenvalue weighted by atomic mass is 35.5. The molecule has 1 amide bonds. The third-order valence-corrected chi connectivity index (χ3v) is 3.54. The number of aliphatic hydroxyl groups excluding tert-OH is 1. The Bertz CT molecular complexity index is 467. The first-order valence-electron chi connectivity index (χ1n) is 6.46. The minimum absolute atomic E-state index is 0.113. The van der Waals surface area contributed by atoms with Crippen molar-refractivity contribution in [3.8, 4) is 0 Å². The number of pyridine rings is 1. The van der Waals surface area contributed by atoms with Crippen LogP contribution < -0.4 is 5.32 Å². The van der Waals surface area contributed by atoms with E-state index in [0.29, 0.717) is 23.9 Å². The molecule has 0 saturated carbocycles. The van der Waals surface area contributed by atoms with Crippen LogP contribution in [0.5, 0.6) is 0 Å². The predicted octanol–water partition coefficient (Wildman–Crippen LogP) is 1.62. The Morgan fingerprint density at radius 1 is 1.63 bits per heavy atom. The molecule has 19 heavy (non-hydrogen) atoms. The highest BCUT2D eigenvalue weighted by molar-refractivity contribution is 6.33. The molecular formula is C13H18ClN3O2. The third-order valence-electron chi connectivity index (χ3n) is 3.24. The quantitative estimate of drug-likeness (QED) is 0.881. The van der Waals surface area contributed by atoms with E-state index < -0.39 is 0 Å². The van der Waals surface area contributed by atoms with Gasteiger partial charge in [-0.25, -0.2) is 4.98 Å². The van der Waals surface area contributed by atoms with Crippen molar-refractivity contribution < 1.29 is 9.90 Å². The molecule has 6 heteroatoms. The van der Waals surface area contributed by atoms with Gasteiger partial charge in [-0.1, -0.05) is 11.6 Å². The van der Waals surface area contributed by atoms with Crippen LogP contribution in [0.3, 0.4) is 0 Å². The minimum atomic E-state index is -0.166. The molecule has 0 radical (unpaired) electrons. The van der Waals surface area contributed by atoms with Crippen molar-refractivity contribution in [2.75, 3.05) is 31.6 Å². The summed E-state index contributed by atoms with van der Waals surface area (Å²) in [5, 5.41) is 12.5. The van der Waals surface area contributed by atoms with Gasteiger partial charge in [0.2, 0.25) is 0 Å². The molecule has 1 aromatic rings. The molecule has 2 heterocycles. The Balaban J connectivity index is 2.16. The van der Waals surface area contributed by atoms with E-state index in [1.165, 1.54) is 0 Å². The SMILES string of the molecule is CCNc1ccc(Cl)c(C(=O)N2CCC(CO)C2)n1. The molecule has 0 spiro atoms. The molecule has 0 aliphatic carbocycles. The van der Waals surface area contributed by atoms with Gasteiger partial charge in [-0.05, 0) is 25.5 Å².